The van der Waals surface area contributed by atoms with Crippen LogP contribution in [-0.2, 0) is 19.6 Å². The second-order valence-electron chi connectivity index (χ2n) is 5.36. The van der Waals surface area contributed by atoms with Crippen LogP contribution in [0.4, 0.5) is 0 Å². The van der Waals surface area contributed by atoms with E-state index in [-0.39, 0.29) is 34.9 Å². The van der Waals surface area contributed by atoms with E-state index in [2.05, 4.69) is 0 Å². The van der Waals surface area contributed by atoms with Crippen LogP contribution in [0.3, 0.4) is 0 Å². The molecule has 116 valence electrons. The Bertz CT molecular complexity index is 659. The summed E-state index contributed by atoms with van der Waals surface area (Å²) in [6.45, 7) is 4.09. The fourth-order valence-electron chi connectivity index (χ4n) is 2.53. The molecule has 1 aromatic rings. The molecular formula is C14H18ClNO4S. The molecule has 1 fully saturated rings. The highest BCUT2D eigenvalue weighted by atomic mass is 35.5. The van der Waals surface area contributed by atoms with E-state index in [9.17, 15) is 13.2 Å². The van der Waals surface area contributed by atoms with E-state index < -0.39 is 15.9 Å². The van der Waals surface area contributed by atoms with Crippen molar-refractivity contribution in [1.82, 2.24) is 4.31 Å². The normalized spacial score (nSPS) is 23.2. The fraction of sp³-hybridized carbons (Fsp3) is 0.500. The minimum absolute atomic E-state index is 0.0764. The first-order valence-electron chi connectivity index (χ1n) is 6.61. The Hall–Kier alpha value is -1.11. The molecule has 0 N–H and O–H groups in total. The van der Waals surface area contributed by atoms with E-state index >= 15 is 0 Å². The average Bonchev–Trinajstić information content (AvgIpc) is 2.80. The molecule has 21 heavy (non-hydrogen) atoms. The quantitative estimate of drug-likeness (QED) is 0.795. The Morgan fingerprint density at radius 3 is 2.62 bits per heavy atom. The summed E-state index contributed by atoms with van der Waals surface area (Å²) in [5.74, 6) is -0.902. The van der Waals surface area contributed by atoms with E-state index in [4.69, 9.17) is 16.3 Å². The molecule has 0 aromatic heterocycles. The van der Waals surface area contributed by atoms with Gasteiger partial charge in [0.1, 0.15) is 4.90 Å². The summed E-state index contributed by atoms with van der Waals surface area (Å²) in [4.78, 5) is 11.8. The second kappa shape index (κ2) is 5.94. The maximum Gasteiger partial charge on any atom is 0.310 e. The summed E-state index contributed by atoms with van der Waals surface area (Å²) in [6.07, 6.45) is 0. The van der Waals surface area contributed by atoms with Gasteiger partial charge < -0.3 is 4.74 Å². The van der Waals surface area contributed by atoms with Gasteiger partial charge in [0.25, 0.3) is 0 Å². The summed E-state index contributed by atoms with van der Waals surface area (Å²) in [5.41, 5.74) is 0.890. The van der Waals surface area contributed by atoms with Gasteiger partial charge in [0, 0.05) is 13.1 Å². The van der Waals surface area contributed by atoms with Gasteiger partial charge in [-0.2, -0.15) is 4.31 Å². The summed E-state index contributed by atoms with van der Waals surface area (Å²) < 4.78 is 31.3. The number of methoxy groups -OCH3 is 1. The smallest absolute Gasteiger partial charge is 0.310 e. The van der Waals surface area contributed by atoms with Crippen molar-refractivity contribution >= 4 is 27.6 Å². The number of halogens is 1. The number of carbonyl (C=O) groups is 1. The molecule has 0 bridgehead atoms. The monoisotopic (exact) mass is 331 g/mol. The topological polar surface area (TPSA) is 63.7 Å². The van der Waals surface area contributed by atoms with E-state index in [1.54, 1.807) is 12.1 Å². The number of hydrogen-bond donors (Lipinski definition) is 0. The molecule has 0 spiro atoms. The van der Waals surface area contributed by atoms with Crippen molar-refractivity contribution in [2.24, 2.45) is 11.8 Å². The Kier molecular flexibility index (Phi) is 4.60. The Morgan fingerprint density at radius 1 is 1.38 bits per heavy atom. The molecule has 0 saturated carbocycles. The number of aryl methyl sites for hydroxylation is 1. The molecule has 2 unspecified atom stereocenters. The van der Waals surface area contributed by atoms with Crippen LogP contribution in [0.2, 0.25) is 5.02 Å². The number of carbonyl (C=O) groups excluding carboxylic acids is 1. The third kappa shape index (κ3) is 3.07. The fourth-order valence-corrected chi connectivity index (χ4v) is 4.67. The maximum absolute atomic E-state index is 12.7. The van der Waals surface area contributed by atoms with Gasteiger partial charge in [-0.1, -0.05) is 24.6 Å². The molecule has 2 atom stereocenters. The van der Waals surface area contributed by atoms with Gasteiger partial charge in [-0.15, -0.1) is 0 Å². The highest BCUT2D eigenvalue weighted by Crippen LogP contribution is 2.32. The predicted molar refractivity (Wildman–Crippen MR) is 79.6 cm³/mol. The predicted octanol–water partition coefficient (Wildman–Crippen LogP) is 2.08. The van der Waals surface area contributed by atoms with Crippen LogP contribution >= 0.6 is 11.6 Å². The zero-order valence-corrected chi connectivity index (χ0v) is 13.7. The van der Waals surface area contributed by atoms with Crippen LogP contribution < -0.4 is 0 Å². The van der Waals surface area contributed by atoms with Crippen molar-refractivity contribution < 1.29 is 17.9 Å². The van der Waals surface area contributed by atoms with Crippen LogP contribution in [-0.4, -0.2) is 38.9 Å². The highest BCUT2D eigenvalue weighted by molar-refractivity contribution is 7.89. The molecule has 5 nitrogen and oxygen atoms in total. The summed E-state index contributed by atoms with van der Waals surface area (Å²) in [5, 5.41) is 0.198. The summed E-state index contributed by atoms with van der Waals surface area (Å²) in [6, 6.07) is 4.82. The lowest BCUT2D eigenvalue weighted by molar-refractivity contribution is -0.145. The van der Waals surface area contributed by atoms with Gasteiger partial charge in [-0.25, -0.2) is 8.42 Å². The van der Waals surface area contributed by atoms with Gasteiger partial charge >= 0.3 is 5.97 Å². The maximum atomic E-state index is 12.7. The molecule has 0 radical (unpaired) electrons. The van der Waals surface area contributed by atoms with Gasteiger partial charge in [0.15, 0.2) is 0 Å². The van der Waals surface area contributed by atoms with Crippen LogP contribution in [0.1, 0.15) is 12.5 Å². The Labute approximate surface area is 129 Å². The molecule has 0 aliphatic carbocycles. The van der Waals surface area contributed by atoms with Gasteiger partial charge in [-0.3, -0.25) is 4.79 Å². The van der Waals surface area contributed by atoms with E-state index in [0.29, 0.717) is 0 Å². The lowest BCUT2D eigenvalue weighted by Gasteiger charge is -2.17. The third-order valence-electron chi connectivity index (χ3n) is 3.79. The minimum Gasteiger partial charge on any atom is -0.469 e. The SMILES string of the molecule is COC(=O)C1CN(S(=O)(=O)c2ccc(C)cc2Cl)CC1C. The molecule has 7 heteroatoms. The number of benzene rings is 1. The molecule has 0 amide bonds. The number of hydrogen-bond acceptors (Lipinski definition) is 4. The summed E-state index contributed by atoms with van der Waals surface area (Å²) >= 11 is 6.06. The molecule has 1 aromatic carbocycles. The minimum atomic E-state index is -3.70. The molecule has 2 rings (SSSR count). The van der Waals surface area contributed by atoms with Crippen molar-refractivity contribution in [3.8, 4) is 0 Å². The number of rotatable bonds is 3. The van der Waals surface area contributed by atoms with Crippen molar-refractivity contribution in [3.63, 3.8) is 0 Å². The first-order chi connectivity index (χ1) is 9.77. The lowest BCUT2D eigenvalue weighted by Crippen LogP contribution is -2.30. The van der Waals surface area contributed by atoms with Gasteiger partial charge in [0.2, 0.25) is 10.0 Å². The average molecular weight is 332 g/mol. The highest BCUT2D eigenvalue weighted by Gasteiger charge is 2.41. The van der Waals surface area contributed by atoms with Gasteiger partial charge in [-0.05, 0) is 30.5 Å². The third-order valence-corrected chi connectivity index (χ3v) is 6.10. The first-order valence-corrected chi connectivity index (χ1v) is 8.43. The number of nitrogens with zero attached hydrogens (tertiary/aromatic N) is 1. The zero-order chi connectivity index (χ0) is 15.8. The standard InChI is InChI=1S/C14H18ClNO4S/c1-9-4-5-13(12(15)6-9)21(18,19)16-7-10(2)11(8-16)14(17)20-3/h4-6,10-11H,7-8H2,1-3H3. The van der Waals surface area contributed by atoms with Crippen LogP contribution in [0, 0.1) is 18.8 Å². The first kappa shape index (κ1) is 16.3. The second-order valence-corrected chi connectivity index (χ2v) is 7.68. The molecule has 1 aliphatic rings. The lowest BCUT2D eigenvalue weighted by atomic mass is 9.99. The van der Waals surface area contributed by atoms with Crippen LogP contribution in [0.25, 0.3) is 0 Å². The number of esters is 1. The van der Waals surface area contributed by atoms with Crippen LogP contribution in [0.15, 0.2) is 23.1 Å². The van der Waals surface area contributed by atoms with E-state index in [1.165, 1.54) is 17.5 Å². The Morgan fingerprint density at radius 2 is 2.05 bits per heavy atom. The zero-order valence-electron chi connectivity index (χ0n) is 12.2. The van der Waals surface area contributed by atoms with E-state index in [1.807, 2.05) is 13.8 Å². The molecular weight excluding hydrogens is 314 g/mol. The van der Waals surface area contributed by atoms with Crippen molar-refractivity contribution in [1.29, 1.82) is 0 Å². The number of ether oxygens (including phenoxy) is 1. The summed E-state index contributed by atoms with van der Waals surface area (Å²) in [7, 11) is -2.39. The molecule has 1 aliphatic heterocycles. The van der Waals surface area contributed by atoms with Crippen molar-refractivity contribution in [3.05, 3.63) is 28.8 Å². The van der Waals surface area contributed by atoms with Crippen molar-refractivity contribution in [2.45, 2.75) is 18.7 Å². The number of sulfonamides is 1. The molecule has 1 heterocycles. The largest absolute Gasteiger partial charge is 0.469 e. The molecule has 1 saturated heterocycles. The Balaban J connectivity index is 2.31. The van der Waals surface area contributed by atoms with Crippen LogP contribution in [0.5, 0.6) is 0 Å². The van der Waals surface area contributed by atoms with Gasteiger partial charge in [0.05, 0.1) is 18.1 Å². The van der Waals surface area contributed by atoms with Crippen molar-refractivity contribution in [2.75, 3.05) is 20.2 Å². The van der Waals surface area contributed by atoms with E-state index in [0.717, 1.165) is 5.56 Å².